The van der Waals surface area contributed by atoms with Gasteiger partial charge in [-0.3, -0.25) is 4.57 Å². The summed E-state index contributed by atoms with van der Waals surface area (Å²) in [6.45, 7) is 2.06. The van der Waals surface area contributed by atoms with Crippen molar-refractivity contribution in [2.75, 3.05) is 19.3 Å². The van der Waals surface area contributed by atoms with Gasteiger partial charge in [0, 0.05) is 12.7 Å². The number of nitrogens with zero attached hydrogens (tertiary/aromatic N) is 1. The van der Waals surface area contributed by atoms with Crippen LogP contribution in [0.3, 0.4) is 0 Å². The molecule has 11 heavy (non-hydrogen) atoms. The van der Waals surface area contributed by atoms with E-state index in [0.717, 1.165) is 0 Å². The largest absolute Gasteiger partial charge is 0.289 e. The summed E-state index contributed by atoms with van der Waals surface area (Å²) in [6.07, 6.45) is 5.55. The summed E-state index contributed by atoms with van der Waals surface area (Å²) < 4.78 is 13.1. The second-order valence-corrected chi connectivity index (χ2v) is 6.13. The zero-order valence-corrected chi connectivity index (χ0v) is 8.53. The van der Waals surface area contributed by atoms with E-state index in [4.69, 9.17) is 17.7 Å². The van der Waals surface area contributed by atoms with Crippen LogP contribution < -0.4 is 0 Å². The van der Waals surface area contributed by atoms with Crippen molar-refractivity contribution in [3.8, 4) is 12.3 Å². The molecule has 0 rings (SSSR count). The van der Waals surface area contributed by atoms with Gasteiger partial charge in [-0.05, 0) is 11.2 Å². The molecule has 0 heterocycles. The summed E-state index contributed by atoms with van der Waals surface area (Å²) >= 11 is 5.75. The van der Waals surface area contributed by atoms with Gasteiger partial charge in [0.2, 0.25) is 6.65 Å². The molecule has 0 amide bonds. The minimum absolute atomic E-state index is 0.366. The van der Waals surface area contributed by atoms with Gasteiger partial charge in [-0.1, -0.05) is 19.8 Å². The third kappa shape index (κ3) is 3.29. The first-order valence-corrected chi connectivity index (χ1v) is 6.31. The highest BCUT2D eigenvalue weighted by atomic mass is 35.7. The smallest absolute Gasteiger partial charge is 0.235 e. The minimum Gasteiger partial charge on any atom is -0.289 e. The maximum absolute atomic E-state index is 11.5. The van der Waals surface area contributed by atoms with Crippen molar-refractivity contribution in [1.82, 2.24) is 4.67 Å². The maximum Gasteiger partial charge on any atom is 0.235 e. The Hall–Kier alpha value is 0.0400. The van der Waals surface area contributed by atoms with Crippen LogP contribution in [0.5, 0.6) is 0 Å². The lowest BCUT2D eigenvalue weighted by molar-refractivity contribution is 0.475. The van der Waals surface area contributed by atoms with Crippen molar-refractivity contribution >= 4 is 17.9 Å². The molecule has 64 valence electrons. The Morgan fingerprint density at radius 3 is 2.45 bits per heavy atom. The second-order valence-electron chi connectivity index (χ2n) is 2.12. The fourth-order valence-electron chi connectivity index (χ4n) is 0.734. The summed E-state index contributed by atoms with van der Waals surface area (Å²) in [5, 5.41) is 0. The van der Waals surface area contributed by atoms with Gasteiger partial charge in [-0.15, -0.1) is 6.42 Å². The summed E-state index contributed by atoms with van der Waals surface area (Å²) in [5.41, 5.74) is 0. The highest BCUT2D eigenvalue weighted by Crippen LogP contribution is 2.53. The molecule has 0 fully saturated rings. The molecule has 0 aliphatic rings. The Labute approximate surface area is 73.1 Å². The molecular formula is C7H13ClNOP. The molecular weight excluding hydrogens is 181 g/mol. The molecule has 0 aliphatic carbocycles. The van der Waals surface area contributed by atoms with Crippen molar-refractivity contribution < 1.29 is 4.57 Å². The van der Waals surface area contributed by atoms with Gasteiger partial charge in [0.1, 0.15) is 0 Å². The summed E-state index contributed by atoms with van der Waals surface area (Å²) in [7, 11) is 0. The number of hydrogen-bond acceptors (Lipinski definition) is 1. The van der Waals surface area contributed by atoms with Crippen molar-refractivity contribution in [2.24, 2.45) is 0 Å². The summed E-state index contributed by atoms with van der Waals surface area (Å²) in [6, 6.07) is 0. The molecule has 0 bridgehead atoms. The van der Waals surface area contributed by atoms with Crippen LogP contribution in [0, 0.1) is 12.3 Å². The van der Waals surface area contributed by atoms with Gasteiger partial charge in [-0.25, -0.2) is 4.67 Å². The summed E-state index contributed by atoms with van der Waals surface area (Å²) in [5.74, 6) is 2.43. The molecule has 0 aromatic rings. The highest BCUT2D eigenvalue weighted by Gasteiger charge is 2.22. The van der Waals surface area contributed by atoms with E-state index in [0.29, 0.717) is 19.3 Å². The number of terminal acetylenes is 1. The number of rotatable bonds is 4. The highest BCUT2D eigenvalue weighted by molar-refractivity contribution is 7.87. The maximum atomic E-state index is 11.5. The molecule has 0 saturated carbocycles. The van der Waals surface area contributed by atoms with Gasteiger partial charge in [0.15, 0.2) is 0 Å². The third-order valence-corrected chi connectivity index (χ3v) is 4.86. The minimum atomic E-state index is -2.64. The third-order valence-electron chi connectivity index (χ3n) is 1.45. The van der Waals surface area contributed by atoms with E-state index in [9.17, 15) is 4.57 Å². The molecule has 0 aliphatic heterocycles. The van der Waals surface area contributed by atoms with E-state index in [1.807, 2.05) is 6.92 Å². The molecule has 0 radical (unpaired) electrons. The van der Waals surface area contributed by atoms with E-state index < -0.39 is 6.65 Å². The summed E-state index contributed by atoms with van der Waals surface area (Å²) in [4.78, 5) is 0. The lowest BCUT2D eigenvalue weighted by Gasteiger charge is -2.22. The van der Waals surface area contributed by atoms with Crippen molar-refractivity contribution in [1.29, 1.82) is 0 Å². The Morgan fingerprint density at radius 2 is 2.18 bits per heavy atom. The molecule has 0 spiro atoms. The van der Waals surface area contributed by atoms with Gasteiger partial charge in [-0.2, -0.15) is 0 Å². The van der Waals surface area contributed by atoms with Crippen LogP contribution in [0.2, 0.25) is 0 Å². The normalized spacial score (nSPS) is 15.9. The van der Waals surface area contributed by atoms with E-state index in [1.54, 1.807) is 11.6 Å². The van der Waals surface area contributed by atoms with Crippen molar-refractivity contribution in [2.45, 2.75) is 13.8 Å². The fourth-order valence-corrected chi connectivity index (χ4v) is 2.33. The number of hydrogen-bond donors (Lipinski definition) is 0. The molecule has 1 unspecified atom stereocenters. The average Bonchev–Trinajstić information content (AvgIpc) is 2.00. The molecule has 0 N–H and O–H groups in total. The molecule has 1 atom stereocenters. The fraction of sp³-hybridized carbons (Fsp3) is 0.714. The van der Waals surface area contributed by atoms with Crippen LogP contribution in [0.15, 0.2) is 0 Å². The van der Waals surface area contributed by atoms with Crippen LogP contribution in [-0.2, 0) is 4.57 Å². The van der Waals surface area contributed by atoms with Crippen LogP contribution in [0.4, 0.5) is 0 Å². The van der Waals surface area contributed by atoms with Gasteiger partial charge in [0.25, 0.3) is 0 Å². The number of halogens is 1. The Bertz CT molecular complexity index is 199. The Kier molecular flexibility index (Phi) is 4.84. The van der Waals surface area contributed by atoms with Gasteiger partial charge >= 0.3 is 0 Å². The topological polar surface area (TPSA) is 20.3 Å². The standard InChI is InChI=1S/C7H13ClNOP/c1-4-7-9(5-2)11(8,10)6-3/h1H,5-7H2,2-3H3. The SMILES string of the molecule is C#CCN(CC)P(=O)(Cl)CC. The molecule has 0 saturated heterocycles. The first-order valence-electron chi connectivity index (χ1n) is 3.56. The predicted octanol–water partition coefficient (Wildman–Crippen LogP) is 2.39. The lowest BCUT2D eigenvalue weighted by Crippen LogP contribution is -2.18. The van der Waals surface area contributed by atoms with Crippen molar-refractivity contribution in [3.05, 3.63) is 0 Å². The van der Waals surface area contributed by atoms with Gasteiger partial charge in [0.05, 0.1) is 6.54 Å². The first kappa shape index (κ1) is 11.0. The van der Waals surface area contributed by atoms with Crippen LogP contribution in [0.25, 0.3) is 0 Å². The van der Waals surface area contributed by atoms with Crippen LogP contribution >= 0.6 is 17.9 Å². The average molecular weight is 194 g/mol. The molecule has 0 aromatic carbocycles. The zero-order valence-electron chi connectivity index (χ0n) is 6.88. The quantitative estimate of drug-likeness (QED) is 0.505. The zero-order chi connectivity index (χ0) is 8.91. The Morgan fingerprint density at radius 1 is 1.64 bits per heavy atom. The lowest BCUT2D eigenvalue weighted by atomic mass is 10.6. The van der Waals surface area contributed by atoms with E-state index >= 15 is 0 Å². The monoisotopic (exact) mass is 193 g/mol. The van der Waals surface area contributed by atoms with Crippen molar-refractivity contribution in [3.63, 3.8) is 0 Å². The first-order chi connectivity index (χ1) is 5.08. The molecule has 0 aromatic heterocycles. The van der Waals surface area contributed by atoms with E-state index in [-0.39, 0.29) is 0 Å². The van der Waals surface area contributed by atoms with E-state index in [2.05, 4.69) is 5.92 Å². The van der Waals surface area contributed by atoms with Crippen LogP contribution in [0.1, 0.15) is 13.8 Å². The van der Waals surface area contributed by atoms with Gasteiger partial charge < -0.3 is 0 Å². The Balaban J connectivity index is 4.26. The second kappa shape index (κ2) is 4.83. The predicted molar refractivity (Wildman–Crippen MR) is 50.1 cm³/mol. The molecule has 4 heteroatoms. The van der Waals surface area contributed by atoms with E-state index in [1.165, 1.54) is 0 Å². The molecule has 2 nitrogen and oxygen atoms in total. The van der Waals surface area contributed by atoms with Crippen LogP contribution in [-0.4, -0.2) is 23.9 Å².